The SMILES string of the molecule is [CH2-]S(C)=O.[I-].[Mg+2]. The van der Waals surface area contributed by atoms with Crippen LogP contribution in [-0.2, 0) is 10.8 Å². The molecule has 0 N–H and O–H groups in total. The second-order valence-corrected chi connectivity index (χ2v) is 1.72. The van der Waals surface area contributed by atoms with Gasteiger partial charge in [-0.3, -0.25) is 10.5 Å². The van der Waals surface area contributed by atoms with Crippen LogP contribution in [0, 0.1) is 6.26 Å². The summed E-state index contributed by atoms with van der Waals surface area (Å²) in [5.74, 6) is 0. The molecule has 0 heterocycles. The van der Waals surface area contributed by atoms with Crippen molar-refractivity contribution in [2.24, 2.45) is 0 Å². The number of halogens is 1. The fraction of sp³-hybridized carbons (Fsp3) is 0.500. The van der Waals surface area contributed by atoms with Crippen LogP contribution in [0.3, 0.4) is 0 Å². The normalized spacial score (nSPS) is 10.3. The minimum atomic E-state index is -0.861. The van der Waals surface area contributed by atoms with Gasteiger partial charge >= 0.3 is 23.1 Å². The molecule has 0 spiro atoms. The van der Waals surface area contributed by atoms with Crippen molar-refractivity contribution in [3.8, 4) is 0 Å². The summed E-state index contributed by atoms with van der Waals surface area (Å²) in [5, 5.41) is 0. The molecule has 0 rings (SSSR count). The molecule has 0 fully saturated rings. The summed E-state index contributed by atoms with van der Waals surface area (Å²) in [6, 6.07) is 0. The maximum Gasteiger partial charge on any atom is 2.00 e. The van der Waals surface area contributed by atoms with Gasteiger partial charge in [0.1, 0.15) is 0 Å². The molecular weight excluding hydrogens is 223 g/mol. The topological polar surface area (TPSA) is 17.1 Å². The van der Waals surface area contributed by atoms with Crippen molar-refractivity contribution >= 4 is 33.9 Å². The molecule has 0 aromatic heterocycles. The number of hydrogen-bond donors (Lipinski definition) is 0. The molecule has 1 atom stereocenters. The summed E-state index contributed by atoms with van der Waals surface area (Å²) in [6.45, 7) is 0. The first-order valence-corrected chi connectivity index (χ1v) is 2.59. The molecule has 0 bridgehead atoms. The van der Waals surface area contributed by atoms with Gasteiger partial charge in [-0.25, -0.2) is 0 Å². The Hall–Kier alpha value is 1.65. The Morgan fingerprint density at radius 2 is 1.67 bits per heavy atom. The zero-order valence-corrected chi connectivity index (χ0v) is 8.00. The van der Waals surface area contributed by atoms with Crippen LogP contribution in [0.25, 0.3) is 0 Å². The first kappa shape index (κ1) is 15.6. The van der Waals surface area contributed by atoms with E-state index in [4.69, 9.17) is 0 Å². The largest absolute Gasteiger partial charge is 2.00 e. The third kappa shape index (κ3) is 45.0. The zero-order chi connectivity index (χ0) is 3.58. The maximum absolute atomic E-state index is 9.44. The van der Waals surface area contributed by atoms with E-state index in [1.807, 2.05) is 0 Å². The molecule has 6 heavy (non-hydrogen) atoms. The maximum atomic E-state index is 9.44. The fourth-order valence-electron chi connectivity index (χ4n) is 0. The standard InChI is InChI=1S/C2H5OS.HI.Mg/c1-4(2)3;;/h1H2,2H3;1H;/q-1;;+2/p-1. The van der Waals surface area contributed by atoms with E-state index >= 15 is 0 Å². The molecule has 0 aliphatic rings. The van der Waals surface area contributed by atoms with E-state index in [9.17, 15) is 4.21 Å². The van der Waals surface area contributed by atoms with E-state index in [0.29, 0.717) is 0 Å². The van der Waals surface area contributed by atoms with Gasteiger partial charge in [0, 0.05) is 0 Å². The van der Waals surface area contributed by atoms with Gasteiger partial charge in [0.25, 0.3) is 0 Å². The van der Waals surface area contributed by atoms with Crippen LogP contribution in [0.1, 0.15) is 0 Å². The Morgan fingerprint density at radius 3 is 1.67 bits per heavy atom. The number of rotatable bonds is 0. The zero-order valence-electron chi connectivity index (χ0n) is 3.61. The van der Waals surface area contributed by atoms with Crippen molar-refractivity contribution in [2.45, 2.75) is 0 Å². The van der Waals surface area contributed by atoms with Gasteiger partial charge < -0.3 is 24.0 Å². The van der Waals surface area contributed by atoms with E-state index in [2.05, 4.69) is 6.26 Å². The predicted molar refractivity (Wildman–Crippen MR) is 25.2 cm³/mol. The first-order chi connectivity index (χ1) is 1.73. The Labute approximate surface area is 73.9 Å². The average molecular weight is 228 g/mol. The molecule has 0 aliphatic carbocycles. The van der Waals surface area contributed by atoms with Crippen LogP contribution in [-0.4, -0.2) is 33.5 Å². The van der Waals surface area contributed by atoms with Crippen molar-refractivity contribution < 1.29 is 28.2 Å². The summed E-state index contributed by atoms with van der Waals surface area (Å²) in [7, 11) is -0.861. The molecule has 0 saturated heterocycles. The average Bonchev–Trinajstić information content (AvgIpc) is 0.811. The number of hydrogen-bond acceptors (Lipinski definition) is 1. The molecule has 4 heteroatoms. The van der Waals surface area contributed by atoms with Gasteiger partial charge in [-0.05, 0) is 6.26 Å². The molecule has 0 saturated carbocycles. The Kier molecular flexibility index (Phi) is 25.6. The predicted octanol–water partition coefficient (Wildman–Crippen LogP) is -3.22. The molecule has 0 aromatic rings. The smallest absolute Gasteiger partial charge is 1.00 e. The summed E-state index contributed by atoms with van der Waals surface area (Å²) < 4.78 is 9.44. The van der Waals surface area contributed by atoms with Crippen LogP contribution < -0.4 is 24.0 Å². The second-order valence-electron chi connectivity index (χ2n) is 0.573. The first-order valence-electron chi connectivity index (χ1n) is 0.864. The van der Waals surface area contributed by atoms with Crippen molar-refractivity contribution in [1.29, 1.82) is 0 Å². The Balaban J connectivity index is -0.0000000450. The summed E-state index contributed by atoms with van der Waals surface area (Å²) in [5.41, 5.74) is 0. The summed E-state index contributed by atoms with van der Waals surface area (Å²) >= 11 is 0. The van der Waals surface area contributed by atoms with Crippen LogP contribution in [0.5, 0.6) is 0 Å². The quantitative estimate of drug-likeness (QED) is 0.242. The minimum Gasteiger partial charge on any atom is -1.00 e. The third-order valence-corrected chi connectivity index (χ3v) is 0. The van der Waals surface area contributed by atoms with Crippen molar-refractivity contribution in [3.05, 3.63) is 6.26 Å². The van der Waals surface area contributed by atoms with Crippen LogP contribution in [0.2, 0.25) is 0 Å². The van der Waals surface area contributed by atoms with Gasteiger partial charge in [0.2, 0.25) is 0 Å². The molecule has 1 nitrogen and oxygen atoms in total. The van der Waals surface area contributed by atoms with E-state index in [0.717, 1.165) is 0 Å². The van der Waals surface area contributed by atoms with Gasteiger partial charge in [0.15, 0.2) is 0 Å². The molecule has 0 aromatic carbocycles. The fourth-order valence-corrected chi connectivity index (χ4v) is 0. The Bertz CT molecular complexity index is 36.5. The van der Waals surface area contributed by atoms with E-state index in [1.54, 1.807) is 0 Å². The monoisotopic (exact) mass is 228 g/mol. The van der Waals surface area contributed by atoms with Crippen LogP contribution in [0.4, 0.5) is 0 Å². The summed E-state index contributed by atoms with van der Waals surface area (Å²) in [6.07, 6.45) is 4.64. The Morgan fingerprint density at radius 1 is 1.67 bits per heavy atom. The summed E-state index contributed by atoms with van der Waals surface area (Å²) in [4.78, 5) is 0. The molecule has 1 unspecified atom stereocenters. The molecule has 34 valence electrons. The van der Waals surface area contributed by atoms with Crippen molar-refractivity contribution in [1.82, 2.24) is 0 Å². The minimum absolute atomic E-state index is 0. The van der Waals surface area contributed by atoms with E-state index in [1.165, 1.54) is 6.26 Å². The second kappa shape index (κ2) is 9.82. The van der Waals surface area contributed by atoms with E-state index < -0.39 is 10.8 Å². The third-order valence-electron chi connectivity index (χ3n) is 0. The van der Waals surface area contributed by atoms with Gasteiger partial charge in [-0.2, -0.15) is 0 Å². The van der Waals surface area contributed by atoms with Gasteiger partial charge in [-0.1, -0.05) is 0 Å². The van der Waals surface area contributed by atoms with Crippen molar-refractivity contribution in [2.75, 3.05) is 6.26 Å². The molecule has 0 radical (unpaired) electrons. The van der Waals surface area contributed by atoms with E-state index in [-0.39, 0.29) is 47.0 Å². The van der Waals surface area contributed by atoms with Gasteiger partial charge in [-0.15, -0.1) is 10.8 Å². The molecule has 0 aliphatic heterocycles. The van der Waals surface area contributed by atoms with Crippen molar-refractivity contribution in [3.63, 3.8) is 0 Å². The van der Waals surface area contributed by atoms with Crippen LogP contribution in [0.15, 0.2) is 0 Å². The molecule has 0 amide bonds. The van der Waals surface area contributed by atoms with Gasteiger partial charge in [0.05, 0.1) is 0 Å². The van der Waals surface area contributed by atoms with Crippen LogP contribution >= 0.6 is 0 Å². The molecular formula is C2H5IMgOS.